The summed E-state index contributed by atoms with van der Waals surface area (Å²) in [6.45, 7) is 3.83. The van der Waals surface area contributed by atoms with Crippen LogP contribution in [0.1, 0.15) is 27.9 Å². The molecule has 0 aliphatic heterocycles. The highest BCUT2D eigenvalue weighted by molar-refractivity contribution is 9.10. The second kappa shape index (κ2) is 5.71. The van der Waals surface area contributed by atoms with Gasteiger partial charge in [-0.25, -0.2) is 4.98 Å². The number of nitrogen functional groups attached to an aromatic ring is 1. The summed E-state index contributed by atoms with van der Waals surface area (Å²) in [6, 6.07) is 5.80. The second-order valence-electron chi connectivity index (χ2n) is 4.08. The number of hydrogen-bond acceptors (Lipinski definition) is 4. The molecule has 0 fully saturated rings. The third-order valence-corrected chi connectivity index (χ3v) is 4.19. The summed E-state index contributed by atoms with van der Waals surface area (Å²) in [5.41, 5.74) is 8.17. The molecular weight excluding hydrogens is 326 g/mol. The van der Waals surface area contributed by atoms with Gasteiger partial charge in [0.2, 0.25) is 0 Å². The minimum Gasteiger partial charge on any atom is -0.375 e. The Balaban J connectivity index is 2.26. The lowest BCUT2D eigenvalue weighted by Gasteiger charge is -2.09. The number of nitrogens with two attached hydrogens (primary N) is 1. The Kier molecular flexibility index (Phi) is 4.21. The van der Waals surface area contributed by atoms with Crippen molar-refractivity contribution in [3.8, 4) is 0 Å². The number of anilines is 2. The van der Waals surface area contributed by atoms with Crippen LogP contribution in [0.2, 0.25) is 0 Å². The van der Waals surface area contributed by atoms with Gasteiger partial charge in [0.25, 0.3) is 5.91 Å². The van der Waals surface area contributed by atoms with E-state index in [2.05, 4.69) is 26.2 Å². The van der Waals surface area contributed by atoms with Crippen LogP contribution in [0.4, 0.5) is 10.8 Å². The molecule has 100 valence electrons. The van der Waals surface area contributed by atoms with Crippen LogP contribution in [-0.4, -0.2) is 10.9 Å². The zero-order valence-electron chi connectivity index (χ0n) is 10.7. The number of nitrogens with zero attached hydrogens (tertiary/aromatic N) is 1. The average molecular weight is 340 g/mol. The first-order chi connectivity index (χ1) is 9.01. The molecule has 0 saturated heterocycles. The monoisotopic (exact) mass is 339 g/mol. The van der Waals surface area contributed by atoms with Gasteiger partial charge in [0.1, 0.15) is 4.88 Å². The van der Waals surface area contributed by atoms with Crippen molar-refractivity contribution in [3.63, 3.8) is 0 Å². The molecule has 0 saturated carbocycles. The van der Waals surface area contributed by atoms with Crippen LogP contribution >= 0.6 is 27.3 Å². The number of hydrogen-bond donors (Lipinski definition) is 2. The van der Waals surface area contributed by atoms with Crippen LogP contribution in [-0.2, 0) is 6.42 Å². The van der Waals surface area contributed by atoms with Crippen LogP contribution in [0, 0.1) is 6.92 Å². The molecule has 6 heteroatoms. The van der Waals surface area contributed by atoms with Crippen molar-refractivity contribution in [3.05, 3.63) is 38.8 Å². The molecular formula is C13H14BrN3OS. The molecule has 1 amide bonds. The number of aromatic nitrogens is 1. The van der Waals surface area contributed by atoms with Gasteiger partial charge in [-0.15, -0.1) is 0 Å². The van der Waals surface area contributed by atoms with Crippen LogP contribution < -0.4 is 11.1 Å². The second-order valence-corrected chi connectivity index (χ2v) is 6.02. The lowest BCUT2D eigenvalue weighted by Crippen LogP contribution is -2.13. The van der Waals surface area contributed by atoms with E-state index in [-0.39, 0.29) is 5.91 Å². The van der Waals surface area contributed by atoms with Gasteiger partial charge in [-0.05, 0) is 37.1 Å². The number of aryl methyl sites for hydroxylation is 2. The molecule has 0 atom stereocenters. The fourth-order valence-corrected chi connectivity index (χ4v) is 2.92. The number of thiazole rings is 1. The molecule has 1 aromatic heterocycles. The summed E-state index contributed by atoms with van der Waals surface area (Å²) in [7, 11) is 0. The van der Waals surface area contributed by atoms with E-state index < -0.39 is 0 Å². The van der Waals surface area contributed by atoms with Crippen LogP contribution in [0.15, 0.2) is 22.7 Å². The minimum atomic E-state index is -0.163. The molecule has 0 aliphatic carbocycles. The lowest BCUT2D eigenvalue weighted by molar-refractivity contribution is 0.102. The van der Waals surface area contributed by atoms with Crippen molar-refractivity contribution in [1.29, 1.82) is 0 Å². The smallest absolute Gasteiger partial charge is 0.267 e. The van der Waals surface area contributed by atoms with Crippen LogP contribution in [0.3, 0.4) is 0 Å². The van der Waals surface area contributed by atoms with Gasteiger partial charge in [-0.1, -0.05) is 34.2 Å². The molecule has 0 radical (unpaired) electrons. The van der Waals surface area contributed by atoms with Crippen molar-refractivity contribution >= 4 is 44.0 Å². The van der Waals surface area contributed by atoms with E-state index in [0.717, 1.165) is 22.1 Å². The van der Waals surface area contributed by atoms with E-state index in [1.807, 2.05) is 25.1 Å². The van der Waals surface area contributed by atoms with Gasteiger partial charge in [0.05, 0.1) is 5.69 Å². The average Bonchev–Trinajstić information content (AvgIpc) is 2.70. The third-order valence-electron chi connectivity index (χ3n) is 2.72. The van der Waals surface area contributed by atoms with Gasteiger partial charge in [-0.2, -0.15) is 0 Å². The fraction of sp³-hybridized carbons (Fsp3) is 0.231. The van der Waals surface area contributed by atoms with Crippen LogP contribution in [0.25, 0.3) is 0 Å². The minimum absolute atomic E-state index is 0.163. The van der Waals surface area contributed by atoms with Crippen molar-refractivity contribution in [2.75, 3.05) is 11.1 Å². The van der Waals surface area contributed by atoms with Gasteiger partial charge in [-0.3, -0.25) is 4.79 Å². The number of nitrogens with one attached hydrogen (secondary N) is 1. The molecule has 4 nitrogen and oxygen atoms in total. The summed E-state index contributed by atoms with van der Waals surface area (Å²) < 4.78 is 1.00. The molecule has 3 N–H and O–H groups in total. The molecule has 0 spiro atoms. The summed E-state index contributed by atoms with van der Waals surface area (Å²) >= 11 is 4.63. The Morgan fingerprint density at radius 2 is 2.26 bits per heavy atom. The zero-order chi connectivity index (χ0) is 14.0. The van der Waals surface area contributed by atoms with Gasteiger partial charge < -0.3 is 11.1 Å². The molecule has 0 bridgehead atoms. The molecule has 1 heterocycles. The summed E-state index contributed by atoms with van der Waals surface area (Å²) in [5, 5.41) is 3.33. The van der Waals surface area contributed by atoms with E-state index >= 15 is 0 Å². The number of amides is 1. The Morgan fingerprint density at radius 1 is 1.53 bits per heavy atom. The van der Waals surface area contributed by atoms with Crippen molar-refractivity contribution in [1.82, 2.24) is 4.98 Å². The molecule has 0 unspecified atom stereocenters. The normalized spacial score (nSPS) is 10.5. The Morgan fingerprint density at radius 3 is 2.84 bits per heavy atom. The first-order valence-electron chi connectivity index (χ1n) is 5.84. The topological polar surface area (TPSA) is 68.0 Å². The highest BCUT2D eigenvalue weighted by Gasteiger charge is 2.15. The quantitative estimate of drug-likeness (QED) is 0.897. The molecule has 19 heavy (non-hydrogen) atoms. The maximum absolute atomic E-state index is 12.2. The molecule has 2 aromatic rings. The number of carbonyl (C=O) groups excluding carboxylic acids is 1. The Bertz CT molecular complexity index is 624. The highest BCUT2D eigenvalue weighted by Crippen LogP contribution is 2.25. The van der Waals surface area contributed by atoms with E-state index in [1.165, 1.54) is 11.3 Å². The van der Waals surface area contributed by atoms with Crippen molar-refractivity contribution in [2.24, 2.45) is 0 Å². The lowest BCUT2D eigenvalue weighted by atomic mass is 10.1. The van der Waals surface area contributed by atoms with Crippen LogP contribution in [0.5, 0.6) is 0 Å². The van der Waals surface area contributed by atoms with Gasteiger partial charge >= 0.3 is 0 Å². The number of rotatable bonds is 3. The standard InChI is InChI=1S/C13H14BrN3OS/c1-3-8-6-9(14)4-5-10(8)17-12(18)11-7(2)16-13(15)19-11/h4-6H,3H2,1-2H3,(H2,15,16)(H,17,18). The first-order valence-corrected chi connectivity index (χ1v) is 7.45. The summed E-state index contributed by atoms with van der Waals surface area (Å²) in [4.78, 5) is 16.8. The Labute approximate surface area is 124 Å². The fourth-order valence-electron chi connectivity index (χ4n) is 1.78. The molecule has 1 aromatic carbocycles. The maximum Gasteiger partial charge on any atom is 0.267 e. The number of halogens is 1. The molecule has 0 aliphatic rings. The predicted octanol–water partition coefficient (Wildman–Crippen LogP) is 3.61. The van der Waals surface area contributed by atoms with E-state index in [9.17, 15) is 4.79 Å². The number of carbonyl (C=O) groups is 1. The number of benzene rings is 1. The van der Waals surface area contributed by atoms with E-state index in [1.54, 1.807) is 6.92 Å². The molecule has 2 rings (SSSR count). The first kappa shape index (κ1) is 14.0. The highest BCUT2D eigenvalue weighted by atomic mass is 79.9. The van der Waals surface area contributed by atoms with E-state index in [4.69, 9.17) is 5.73 Å². The predicted molar refractivity (Wildman–Crippen MR) is 82.7 cm³/mol. The Hall–Kier alpha value is -1.40. The summed E-state index contributed by atoms with van der Waals surface area (Å²) in [6.07, 6.45) is 0.846. The SMILES string of the molecule is CCc1cc(Br)ccc1NC(=O)c1sc(N)nc1C. The third kappa shape index (κ3) is 3.13. The zero-order valence-corrected chi connectivity index (χ0v) is 13.1. The van der Waals surface area contributed by atoms with E-state index in [0.29, 0.717) is 15.7 Å². The van der Waals surface area contributed by atoms with Gasteiger partial charge in [0.15, 0.2) is 5.13 Å². The van der Waals surface area contributed by atoms with Gasteiger partial charge in [0, 0.05) is 10.2 Å². The van der Waals surface area contributed by atoms with Crippen molar-refractivity contribution in [2.45, 2.75) is 20.3 Å². The van der Waals surface area contributed by atoms with Crippen molar-refractivity contribution < 1.29 is 4.79 Å². The summed E-state index contributed by atoms with van der Waals surface area (Å²) in [5.74, 6) is -0.163. The maximum atomic E-state index is 12.2. The largest absolute Gasteiger partial charge is 0.375 e.